The largest absolute Gasteiger partial charge is 0.466 e. The third-order valence-electron chi connectivity index (χ3n) is 3.67. The number of ether oxygens (including phenoxy) is 2. The highest BCUT2D eigenvalue weighted by atomic mass is 16.5. The van der Waals surface area contributed by atoms with Gasteiger partial charge in [-0.1, -0.05) is 43.5 Å². The Hall–Kier alpha value is -1.87. The van der Waals surface area contributed by atoms with Crippen molar-refractivity contribution < 1.29 is 14.3 Å². The molecule has 2 rings (SSSR count). The second kappa shape index (κ2) is 7.23. The highest BCUT2D eigenvalue weighted by Crippen LogP contribution is 2.30. The quantitative estimate of drug-likeness (QED) is 0.778. The van der Waals surface area contributed by atoms with E-state index in [0.29, 0.717) is 13.0 Å². The van der Waals surface area contributed by atoms with E-state index in [1.807, 2.05) is 18.2 Å². The molecule has 0 aliphatic carbocycles. The van der Waals surface area contributed by atoms with E-state index in [4.69, 9.17) is 9.47 Å². The summed E-state index contributed by atoms with van der Waals surface area (Å²) < 4.78 is 11.1. The third-order valence-corrected chi connectivity index (χ3v) is 3.67. The Kier molecular flexibility index (Phi) is 5.34. The maximum Gasteiger partial charge on any atom is 0.302 e. The van der Waals surface area contributed by atoms with Gasteiger partial charge in [-0.3, -0.25) is 4.79 Å². The summed E-state index contributed by atoms with van der Waals surface area (Å²) in [5, 5.41) is 0. The number of carbonyl (C=O) groups is 1. The molecular weight excluding hydrogens is 264 g/mol. The third kappa shape index (κ3) is 4.57. The van der Waals surface area contributed by atoms with Crippen LogP contribution < -0.4 is 0 Å². The molecule has 2 atom stereocenters. The molecule has 1 saturated heterocycles. The van der Waals surface area contributed by atoms with Crippen LogP contribution in [0.3, 0.4) is 0 Å². The predicted molar refractivity (Wildman–Crippen MR) is 83.0 cm³/mol. The average Bonchev–Trinajstić information content (AvgIpc) is 2.44. The zero-order valence-electron chi connectivity index (χ0n) is 12.5. The van der Waals surface area contributed by atoms with Crippen LogP contribution in [0.1, 0.15) is 25.3 Å². The molecule has 21 heavy (non-hydrogen) atoms. The van der Waals surface area contributed by atoms with E-state index < -0.39 is 0 Å². The van der Waals surface area contributed by atoms with Gasteiger partial charge in [0.05, 0.1) is 18.8 Å². The SMILES string of the molecule is C=C1CC(Cc2ccccc2)OC(CCOC(C)=O)C1=C. The molecule has 0 N–H and O–H groups in total. The Morgan fingerprint density at radius 2 is 2.05 bits per heavy atom. The summed E-state index contributed by atoms with van der Waals surface area (Å²) in [5.74, 6) is -0.268. The van der Waals surface area contributed by atoms with E-state index in [1.165, 1.54) is 12.5 Å². The first-order valence-electron chi connectivity index (χ1n) is 7.26. The maximum absolute atomic E-state index is 10.8. The van der Waals surface area contributed by atoms with Crippen LogP contribution in [-0.4, -0.2) is 24.8 Å². The summed E-state index contributed by atoms with van der Waals surface area (Å²) in [7, 11) is 0. The monoisotopic (exact) mass is 286 g/mol. The molecule has 0 saturated carbocycles. The molecule has 1 aliphatic heterocycles. The van der Waals surface area contributed by atoms with E-state index in [0.717, 1.165) is 24.0 Å². The second-order valence-corrected chi connectivity index (χ2v) is 5.40. The molecule has 1 aliphatic rings. The zero-order valence-corrected chi connectivity index (χ0v) is 12.5. The van der Waals surface area contributed by atoms with Crippen molar-refractivity contribution in [2.45, 2.75) is 38.4 Å². The van der Waals surface area contributed by atoms with Gasteiger partial charge in [0.15, 0.2) is 0 Å². The van der Waals surface area contributed by atoms with Crippen molar-refractivity contribution in [3.63, 3.8) is 0 Å². The first-order chi connectivity index (χ1) is 10.1. The minimum Gasteiger partial charge on any atom is -0.466 e. The Bertz CT molecular complexity index is 519. The fourth-order valence-electron chi connectivity index (χ4n) is 2.55. The van der Waals surface area contributed by atoms with Gasteiger partial charge in [0.2, 0.25) is 0 Å². The lowest BCUT2D eigenvalue weighted by Gasteiger charge is -2.33. The van der Waals surface area contributed by atoms with Crippen molar-refractivity contribution in [1.82, 2.24) is 0 Å². The molecule has 0 aromatic heterocycles. The predicted octanol–water partition coefficient (Wildman–Crippen LogP) is 3.45. The molecular formula is C18H22O3. The van der Waals surface area contributed by atoms with Crippen LogP contribution in [0.2, 0.25) is 0 Å². The Balaban J connectivity index is 1.93. The van der Waals surface area contributed by atoms with E-state index in [-0.39, 0.29) is 18.2 Å². The van der Waals surface area contributed by atoms with E-state index >= 15 is 0 Å². The van der Waals surface area contributed by atoms with Crippen molar-refractivity contribution in [3.8, 4) is 0 Å². The topological polar surface area (TPSA) is 35.5 Å². The molecule has 3 heteroatoms. The average molecular weight is 286 g/mol. The summed E-state index contributed by atoms with van der Waals surface area (Å²) in [6.45, 7) is 9.91. The number of hydrogen-bond donors (Lipinski definition) is 0. The van der Waals surface area contributed by atoms with Crippen molar-refractivity contribution in [2.75, 3.05) is 6.61 Å². The molecule has 1 aromatic carbocycles. The minimum atomic E-state index is -0.268. The number of carbonyl (C=O) groups excluding carboxylic acids is 1. The lowest BCUT2D eigenvalue weighted by molar-refractivity contribution is -0.142. The van der Waals surface area contributed by atoms with Crippen molar-refractivity contribution in [2.24, 2.45) is 0 Å². The van der Waals surface area contributed by atoms with E-state index in [9.17, 15) is 4.79 Å². The molecule has 0 radical (unpaired) electrons. The van der Waals surface area contributed by atoms with E-state index in [2.05, 4.69) is 25.3 Å². The normalized spacial score (nSPS) is 22.1. The molecule has 1 fully saturated rings. The number of benzene rings is 1. The van der Waals surface area contributed by atoms with Gasteiger partial charge in [0, 0.05) is 13.3 Å². The fraction of sp³-hybridized carbons (Fsp3) is 0.389. The molecule has 0 spiro atoms. The summed E-state index contributed by atoms with van der Waals surface area (Å²) in [5.41, 5.74) is 3.21. The summed E-state index contributed by atoms with van der Waals surface area (Å²) in [4.78, 5) is 10.8. The van der Waals surface area contributed by atoms with Gasteiger partial charge in [-0.05, 0) is 29.6 Å². The second-order valence-electron chi connectivity index (χ2n) is 5.40. The summed E-state index contributed by atoms with van der Waals surface area (Å²) >= 11 is 0. The van der Waals surface area contributed by atoms with Crippen LogP contribution in [0.15, 0.2) is 54.6 Å². The molecule has 1 aromatic rings. The molecule has 0 amide bonds. The van der Waals surface area contributed by atoms with Crippen LogP contribution >= 0.6 is 0 Å². The first-order valence-corrected chi connectivity index (χ1v) is 7.26. The van der Waals surface area contributed by atoms with Gasteiger partial charge in [-0.15, -0.1) is 0 Å². The number of esters is 1. The van der Waals surface area contributed by atoms with Gasteiger partial charge in [-0.2, -0.15) is 0 Å². The Labute approximate surface area is 126 Å². The Morgan fingerprint density at radius 3 is 2.71 bits per heavy atom. The number of hydrogen-bond acceptors (Lipinski definition) is 3. The van der Waals surface area contributed by atoms with Gasteiger partial charge in [0.25, 0.3) is 0 Å². The minimum absolute atomic E-state index is 0.104. The number of rotatable bonds is 5. The molecule has 0 bridgehead atoms. The maximum atomic E-state index is 10.8. The van der Waals surface area contributed by atoms with Crippen molar-refractivity contribution in [3.05, 3.63) is 60.2 Å². The zero-order chi connectivity index (χ0) is 15.2. The fourth-order valence-corrected chi connectivity index (χ4v) is 2.55. The van der Waals surface area contributed by atoms with Crippen molar-refractivity contribution >= 4 is 5.97 Å². The van der Waals surface area contributed by atoms with Crippen LogP contribution in [0.4, 0.5) is 0 Å². The van der Waals surface area contributed by atoms with Crippen LogP contribution in [0, 0.1) is 0 Å². The van der Waals surface area contributed by atoms with Gasteiger partial charge < -0.3 is 9.47 Å². The smallest absolute Gasteiger partial charge is 0.302 e. The first kappa shape index (κ1) is 15.5. The highest BCUT2D eigenvalue weighted by molar-refractivity contribution is 5.65. The summed E-state index contributed by atoms with van der Waals surface area (Å²) in [6.07, 6.45) is 2.28. The molecule has 1 heterocycles. The highest BCUT2D eigenvalue weighted by Gasteiger charge is 2.27. The van der Waals surface area contributed by atoms with Gasteiger partial charge in [-0.25, -0.2) is 0 Å². The van der Waals surface area contributed by atoms with Gasteiger partial charge in [0.1, 0.15) is 0 Å². The summed E-state index contributed by atoms with van der Waals surface area (Å²) in [6, 6.07) is 10.3. The van der Waals surface area contributed by atoms with Crippen LogP contribution in [0.5, 0.6) is 0 Å². The molecule has 112 valence electrons. The molecule has 3 nitrogen and oxygen atoms in total. The standard InChI is InChI=1S/C18H22O3/c1-13-11-17(12-16-7-5-4-6-8-16)21-18(14(13)2)9-10-20-15(3)19/h4-8,17-18H,1-2,9-12H2,3H3. The van der Waals surface area contributed by atoms with Crippen molar-refractivity contribution in [1.29, 1.82) is 0 Å². The molecule has 2 unspecified atom stereocenters. The lowest BCUT2D eigenvalue weighted by Crippen LogP contribution is -2.33. The van der Waals surface area contributed by atoms with E-state index in [1.54, 1.807) is 0 Å². The Morgan fingerprint density at radius 1 is 1.33 bits per heavy atom. The van der Waals surface area contributed by atoms with Crippen LogP contribution in [-0.2, 0) is 20.7 Å². The lowest BCUT2D eigenvalue weighted by atomic mass is 9.90. The van der Waals surface area contributed by atoms with Gasteiger partial charge >= 0.3 is 5.97 Å². The van der Waals surface area contributed by atoms with Crippen LogP contribution in [0.25, 0.3) is 0 Å².